The summed E-state index contributed by atoms with van der Waals surface area (Å²) in [6, 6.07) is 0. The standard InChI is InChI=1S/C17H33NO5/c1-16(2,3)23-15(19)18-9-7-17(4,8-10-18)22-12-6-11-21-14-13-20-5/h6-14H2,1-5H3. The van der Waals surface area contributed by atoms with Crippen LogP contribution in [-0.4, -0.2) is 68.8 Å². The molecule has 0 radical (unpaired) electrons. The minimum atomic E-state index is -0.447. The van der Waals surface area contributed by atoms with Crippen LogP contribution in [0, 0.1) is 0 Å². The molecule has 0 spiro atoms. The van der Waals surface area contributed by atoms with Crippen LogP contribution in [0.15, 0.2) is 0 Å². The van der Waals surface area contributed by atoms with Crippen LogP contribution in [0.5, 0.6) is 0 Å². The van der Waals surface area contributed by atoms with E-state index < -0.39 is 5.60 Å². The summed E-state index contributed by atoms with van der Waals surface area (Å²) in [5, 5.41) is 0. The number of amides is 1. The van der Waals surface area contributed by atoms with Gasteiger partial charge in [-0.05, 0) is 47.0 Å². The molecule has 6 heteroatoms. The van der Waals surface area contributed by atoms with E-state index in [1.54, 1.807) is 12.0 Å². The molecule has 0 aliphatic carbocycles. The number of ether oxygens (including phenoxy) is 4. The molecule has 23 heavy (non-hydrogen) atoms. The summed E-state index contributed by atoms with van der Waals surface area (Å²) in [4.78, 5) is 13.8. The molecule has 1 amide bonds. The van der Waals surface area contributed by atoms with Crippen molar-refractivity contribution in [2.45, 2.75) is 58.2 Å². The number of carbonyl (C=O) groups is 1. The molecule has 0 aromatic heterocycles. The van der Waals surface area contributed by atoms with Crippen molar-refractivity contribution in [3.8, 4) is 0 Å². The van der Waals surface area contributed by atoms with Gasteiger partial charge in [-0.15, -0.1) is 0 Å². The first-order chi connectivity index (χ1) is 10.8. The second-order valence-corrected chi connectivity index (χ2v) is 7.22. The van der Waals surface area contributed by atoms with Gasteiger partial charge in [0.2, 0.25) is 0 Å². The molecule has 1 rings (SSSR count). The van der Waals surface area contributed by atoms with Crippen molar-refractivity contribution < 1.29 is 23.7 Å². The zero-order valence-electron chi connectivity index (χ0n) is 15.4. The monoisotopic (exact) mass is 331 g/mol. The number of piperidine rings is 1. The Hall–Kier alpha value is -0.850. The van der Waals surface area contributed by atoms with Gasteiger partial charge in [-0.1, -0.05) is 0 Å². The lowest BCUT2D eigenvalue weighted by Gasteiger charge is -2.39. The third-order valence-electron chi connectivity index (χ3n) is 3.79. The van der Waals surface area contributed by atoms with Gasteiger partial charge >= 0.3 is 6.09 Å². The van der Waals surface area contributed by atoms with Gasteiger partial charge in [0.05, 0.1) is 18.8 Å². The first-order valence-corrected chi connectivity index (χ1v) is 8.44. The maximum atomic E-state index is 12.0. The normalized spacial score (nSPS) is 18.0. The van der Waals surface area contributed by atoms with Crippen LogP contribution in [0.25, 0.3) is 0 Å². The van der Waals surface area contributed by atoms with Gasteiger partial charge in [0.25, 0.3) is 0 Å². The quantitative estimate of drug-likeness (QED) is 0.640. The van der Waals surface area contributed by atoms with Crippen molar-refractivity contribution in [1.29, 1.82) is 0 Å². The highest BCUT2D eigenvalue weighted by Crippen LogP contribution is 2.27. The number of hydrogen-bond donors (Lipinski definition) is 0. The Kier molecular flexibility index (Phi) is 8.29. The number of methoxy groups -OCH3 is 1. The van der Waals surface area contributed by atoms with Crippen LogP contribution >= 0.6 is 0 Å². The van der Waals surface area contributed by atoms with Gasteiger partial charge in [0, 0.05) is 33.4 Å². The third kappa shape index (κ3) is 8.53. The van der Waals surface area contributed by atoms with E-state index in [0.717, 1.165) is 19.3 Å². The lowest BCUT2D eigenvalue weighted by Crippen LogP contribution is -2.48. The summed E-state index contributed by atoms with van der Waals surface area (Å²) >= 11 is 0. The van der Waals surface area contributed by atoms with Crippen LogP contribution in [0.3, 0.4) is 0 Å². The first-order valence-electron chi connectivity index (χ1n) is 8.44. The number of hydrogen-bond acceptors (Lipinski definition) is 5. The summed E-state index contributed by atoms with van der Waals surface area (Å²) in [6.45, 7) is 11.7. The van der Waals surface area contributed by atoms with E-state index in [0.29, 0.717) is 39.5 Å². The van der Waals surface area contributed by atoms with Crippen LogP contribution in [0.2, 0.25) is 0 Å². The van der Waals surface area contributed by atoms with Crippen molar-refractivity contribution in [3.05, 3.63) is 0 Å². The molecule has 0 bridgehead atoms. The number of nitrogens with zero attached hydrogens (tertiary/aromatic N) is 1. The van der Waals surface area contributed by atoms with Crippen molar-refractivity contribution >= 4 is 6.09 Å². The zero-order valence-corrected chi connectivity index (χ0v) is 15.4. The second-order valence-electron chi connectivity index (χ2n) is 7.22. The van der Waals surface area contributed by atoms with Crippen molar-refractivity contribution in [2.75, 3.05) is 46.6 Å². The maximum absolute atomic E-state index is 12.0. The highest BCUT2D eigenvalue weighted by atomic mass is 16.6. The Morgan fingerprint density at radius 3 is 2.30 bits per heavy atom. The van der Waals surface area contributed by atoms with E-state index >= 15 is 0 Å². The molecule has 0 unspecified atom stereocenters. The molecule has 1 fully saturated rings. The summed E-state index contributed by atoms with van der Waals surface area (Å²) in [5.74, 6) is 0. The molecule has 0 saturated carbocycles. The fourth-order valence-electron chi connectivity index (χ4n) is 2.36. The molecular weight excluding hydrogens is 298 g/mol. The van der Waals surface area contributed by atoms with Crippen LogP contribution in [-0.2, 0) is 18.9 Å². The van der Waals surface area contributed by atoms with Gasteiger partial charge in [-0.25, -0.2) is 4.79 Å². The van der Waals surface area contributed by atoms with E-state index in [-0.39, 0.29) is 11.7 Å². The van der Waals surface area contributed by atoms with Gasteiger partial charge in [-0.2, -0.15) is 0 Å². The molecule has 1 saturated heterocycles. The van der Waals surface area contributed by atoms with E-state index in [2.05, 4.69) is 6.92 Å². The van der Waals surface area contributed by atoms with Crippen molar-refractivity contribution in [1.82, 2.24) is 4.90 Å². The predicted octanol–water partition coefficient (Wildman–Crippen LogP) is 2.85. The van der Waals surface area contributed by atoms with Gasteiger partial charge < -0.3 is 23.8 Å². The van der Waals surface area contributed by atoms with E-state index in [4.69, 9.17) is 18.9 Å². The summed E-state index contributed by atoms with van der Waals surface area (Å²) < 4.78 is 21.8. The maximum Gasteiger partial charge on any atom is 0.410 e. The fraction of sp³-hybridized carbons (Fsp3) is 0.941. The fourth-order valence-corrected chi connectivity index (χ4v) is 2.36. The Labute approximate surface area is 140 Å². The van der Waals surface area contributed by atoms with Gasteiger partial charge in [-0.3, -0.25) is 0 Å². The lowest BCUT2D eigenvalue weighted by atomic mass is 9.93. The highest BCUT2D eigenvalue weighted by Gasteiger charge is 2.34. The summed E-state index contributed by atoms with van der Waals surface area (Å²) in [7, 11) is 1.66. The molecule has 136 valence electrons. The largest absolute Gasteiger partial charge is 0.444 e. The molecule has 1 aliphatic heterocycles. The Balaban J connectivity index is 2.19. The molecule has 1 heterocycles. The molecule has 6 nitrogen and oxygen atoms in total. The van der Waals surface area contributed by atoms with E-state index in [1.165, 1.54) is 0 Å². The average Bonchev–Trinajstić information content (AvgIpc) is 2.45. The van der Waals surface area contributed by atoms with E-state index in [9.17, 15) is 4.79 Å². The molecular formula is C17H33NO5. The lowest BCUT2D eigenvalue weighted by molar-refractivity contribution is -0.0774. The smallest absolute Gasteiger partial charge is 0.410 e. The van der Waals surface area contributed by atoms with Crippen molar-refractivity contribution in [3.63, 3.8) is 0 Å². The topological polar surface area (TPSA) is 57.2 Å². The van der Waals surface area contributed by atoms with Crippen LogP contribution < -0.4 is 0 Å². The summed E-state index contributed by atoms with van der Waals surface area (Å²) in [6.07, 6.45) is 2.30. The van der Waals surface area contributed by atoms with Crippen molar-refractivity contribution in [2.24, 2.45) is 0 Å². The van der Waals surface area contributed by atoms with Crippen LogP contribution in [0.1, 0.15) is 47.0 Å². The van der Waals surface area contributed by atoms with Gasteiger partial charge in [0.15, 0.2) is 0 Å². The predicted molar refractivity (Wildman–Crippen MR) is 88.7 cm³/mol. The number of rotatable bonds is 8. The minimum absolute atomic E-state index is 0.162. The number of carbonyl (C=O) groups excluding carboxylic acids is 1. The SMILES string of the molecule is COCCOCCCOC1(C)CCN(C(=O)OC(C)(C)C)CC1. The highest BCUT2D eigenvalue weighted by molar-refractivity contribution is 5.68. The Morgan fingerprint density at radius 2 is 1.74 bits per heavy atom. The molecule has 0 aromatic rings. The Morgan fingerprint density at radius 1 is 1.09 bits per heavy atom. The third-order valence-corrected chi connectivity index (χ3v) is 3.79. The van der Waals surface area contributed by atoms with Gasteiger partial charge in [0.1, 0.15) is 5.60 Å². The van der Waals surface area contributed by atoms with Crippen LogP contribution in [0.4, 0.5) is 4.79 Å². The Bertz CT molecular complexity index is 345. The molecule has 0 N–H and O–H groups in total. The average molecular weight is 331 g/mol. The second kappa shape index (κ2) is 9.45. The molecule has 1 aliphatic rings. The minimum Gasteiger partial charge on any atom is -0.444 e. The summed E-state index contributed by atoms with van der Waals surface area (Å²) in [5.41, 5.74) is -0.609. The first kappa shape index (κ1) is 20.2. The zero-order chi connectivity index (χ0) is 17.3. The molecule has 0 atom stereocenters. The van der Waals surface area contributed by atoms with E-state index in [1.807, 2.05) is 20.8 Å². The number of likely N-dealkylation sites (tertiary alicyclic amines) is 1. The molecule has 0 aromatic carbocycles.